The molecule has 5 heteroatoms. The van der Waals surface area contributed by atoms with E-state index >= 15 is 0 Å². The van der Waals surface area contributed by atoms with E-state index in [1.807, 2.05) is 0 Å². The van der Waals surface area contributed by atoms with Crippen molar-refractivity contribution >= 4 is 11.9 Å². The molecule has 5 nitrogen and oxygen atoms in total. The van der Waals surface area contributed by atoms with Crippen LogP contribution >= 0.6 is 0 Å². The van der Waals surface area contributed by atoms with E-state index in [9.17, 15) is 9.59 Å². The lowest BCUT2D eigenvalue weighted by molar-refractivity contribution is -0.171. The third-order valence-corrected chi connectivity index (χ3v) is 3.71. The summed E-state index contributed by atoms with van der Waals surface area (Å²) in [5, 5.41) is 9.00. The van der Waals surface area contributed by atoms with Crippen molar-refractivity contribution in [3.05, 3.63) is 0 Å². The molecule has 136 valence electrons. The topological polar surface area (TPSA) is 72.8 Å². The van der Waals surface area contributed by atoms with Crippen molar-refractivity contribution < 1.29 is 24.2 Å². The molecule has 1 N–H and O–H groups in total. The normalized spacial score (nSPS) is 13.4. The molecule has 0 aliphatic carbocycles. The number of unbranched alkanes of at least 4 members (excludes halogenated alkanes) is 9. The van der Waals surface area contributed by atoms with E-state index in [1.165, 1.54) is 58.8 Å². The van der Waals surface area contributed by atoms with Gasteiger partial charge >= 0.3 is 11.9 Å². The van der Waals surface area contributed by atoms with E-state index in [4.69, 9.17) is 14.6 Å². The zero-order chi connectivity index (χ0) is 17.5. The maximum absolute atomic E-state index is 11.6. The lowest BCUT2D eigenvalue weighted by Gasteiger charge is -2.13. The van der Waals surface area contributed by atoms with Crippen LogP contribution < -0.4 is 0 Å². The number of carbonyl (C=O) groups is 2. The predicted molar refractivity (Wildman–Crippen MR) is 90.0 cm³/mol. The van der Waals surface area contributed by atoms with Gasteiger partial charge in [0, 0.05) is 0 Å². The van der Waals surface area contributed by atoms with Gasteiger partial charge in [0.15, 0.2) is 6.10 Å². The van der Waals surface area contributed by atoms with Crippen LogP contribution in [-0.2, 0) is 19.1 Å². The molecule has 2 unspecified atom stereocenters. The van der Waals surface area contributed by atoms with Crippen molar-refractivity contribution in [3.8, 4) is 0 Å². The van der Waals surface area contributed by atoms with E-state index in [1.54, 1.807) is 0 Å². The molecule has 0 aliphatic heterocycles. The van der Waals surface area contributed by atoms with Gasteiger partial charge < -0.3 is 14.6 Å². The summed E-state index contributed by atoms with van der Waals surface area (Å²) in [6.07, 6.45) is 10.0. The molecule has 0 spiro atoms. The highest BCUT2D eigenvalue weighted by Gasteiger charge is 2.21. The predicted octanol–water partition coefficient (Wildman–Crippen LogP) is 3.76. The van der Waals surface area contributed by atoms with Gasteiger partial charge in [0.25, 0.3) is 0 Å². The van der Waals surface area contributed by atoms with Crippen LogP contribution in [0.2, 0.25) is 0 Å². The zero-order valence-electron chi connectivity index (χ0n) is 15.0. The molecular formula is C18H34O5. The van der Waals surface area contributed by atoms with Gasteiger partial charge in [-0.05, 0) is 20.3 Å². The molecule has 23 heavy (non-hydrogen) atoms. The van der Waals surface area contributed by atoms with Crippen molar-refractivity contribution in [2.45, 2.75) is 97.2 Å². The third kappa shape index (κ3) is 13.1. The number of carbonyl (C=O) groups excluding carboxylic acids is 2. The summed E-state index contributed by atoms with van der Waals surface area (Å²) in [4.78, 5) is 22.7. The number of aliphatic hydroxyl groups excluding tert-OH is 1. The minimum Gasteiger partial charge on any atom is -0.463 e. The number of ether oxygens (including phenoxy) is 2. The molecule has 0 bridgehead atoms. The Morgan fingerprint density at radius 1 is 0.826 bits per heavy atom. The van der Waals surface area contributed by atoms with E-state index in [0.717, 1.165) is 19.3 Å². The van der Waals surface area contributed by atoms with Gasteiger partial charge in [-0.25, -0.2) is 9.59 Å². The highest BCUT2D eigenvalue weighted by atomic mass is 16.6. The summed E-state index contributed by atoms with van der Waals surface area (Å²) in [5.41, 5.74) is 0. The van der Waals surface area contributed by atoms with E-state index < -0.39 is 24.1 Å². The quantitative estimate of drug-likeness (QED) is 0.388. The maximum atomic E-state index is 11.6. The average molecular weight is 330 g/mol. The molecule has 0 amide bonds. The summed E-state index contributed by atoms with van der Waals surface area (Å²) in [5.74, 6) is -1.37. The summed E-state index contributed by atoms with van der Waals surface area (Å²) < 4.78 is 9.82. The number of hydrogen-bond donors (Lipinski definition) is 1. The van der Waals surface area contributed by atoms with Crippen LogP contribution in [0.1, 0.15) is 85.0 Å². The van der Waals surface area contributed by atoms with Crippen molar-refractivity contribution in [1.29, 1.82) is 0 Å². The van der Waals surface area contributed by atoms with Crippen molar-refractivity contribution in [2.24, 2.45) is 0 Å². The van der Waals surface area contributed by atoms with Gasteiger partial charge in [0.05, 0.1) is 6.61 Å². The Bertz CT molecular complexity index is 315. The number of hydrogen-bond acceptors (Lipinski definition) is 5. The van der Waals surface area contributed by atoms with Gasteiger partial charge in [0.1, 0.15) is 6.10 Å². The molecule has 0 fully saturated rings. The molecule has 0 saturated heterocycles. The molecule has 0 aromatic carbocycles. The van der Waals surface area contributed by atoms with Gasteiger partial charge in [0.2, 0.25) is 0 Å². The highest BCUT2D eigenvalue weighted by Crippen LogP contribution is 2.10. The number of esters is 2. The minimum absolute atomic E-state index is 0.353. The molecular weight excluding hydrogens is 296 g/mol. The minimum atomic E-state index is -1.23. The summed E-state index contributed by atoms with van der Waals surface area (Å²) >= 11 is 0. The molecule has 0 radical (unpaired) electrons. The van der Waals surface area contributed by atoms with Crippen molar-refractivity contribution in [3.63, 3.8) is 0 Å². The Labute approximate surface area is 140 Å². The van der Waals surface area contributed by atoms with Crippen LogP contribution in [0.4, 0.5) is 0 Å². The van der Waals surface area contributed by atoms with E-state index in [-0.39, 0.29) is 0 Å². The standard InChI is InChI=1S/C18H34O5/c1-4-5-6-7-8-9-10-11-12-13-14-22-18(21)16(3)23-17(20)15(2)19/h15-16,19H,4-14H2,1-3H3. The van der Waals surface area contributed by atoms with Crippen LogP contribution in [0.3, 0.4) is 0 Å². The van der Waals surface area contributed by atoms with Crippen LogP contribution in [0.5, 0.6) is 0 Å². The second-order valence-electron chi connectivity index (χ2n) is 6.10. The largest absolute Gasteiger partial charge is 0.463 e. The molecule has 0 aliphatic rings. The van der Waals surface area contributed by atoms with Gasteiger partial charge in [-0.3, -0.25) is 0 Å². The highest BCUT2D eigenvalue weighted by molar-refractivity contribution is 5.80. The summed E-state index contributed by atoms with van der Waals surface area (Å²) in [6.45, 7) is 5.32. The Hall–Kier alpha value is -1.10. The first-order valence-electron chi connectivity index (χ1n) is 9.04. The fourth-order valence-corrected chi connectivity index (χ4v) is 2.20. The third-order valence-electron chi connectivity index (χ3n) is 3.71. The smallest absolute Gasteiger partial charge is 0.347 e. The molecule has 0 aromatic heterocycles. The van der Waals surface area contributed by atoms with Gasteiger partial charge in [-0.2, -0.15) is 0 Å². The molecule has 2 atom stereocenters. The molecule has 0 rings (SSSR count). The first-order chi connectivity index (χ1) is 11.0. The van der Waals surface area contributed by atoms with Crippen LogP contribution in [0.25, 0.3) is 0 Å². The maximum Gasteiger partial charge on any atom is 0.347 e. The Balaban J connectivity index is 3.43. The van der Waals surface area contributed by atoms with Gasteiger partial charge in [-0.15, -0.1) is 0 Å². The zero-order valence-corrected chi connectivity index (χ0v) is 15.0. The average Bonchev–Trinajstić information content (AvgIpc) is 2.52. The second kappa shape index (κ2) is 14.5. The van der Waals surface area contributed by atoms with E-state index in [0.29, 0.717) is 6.61 Å². The van der Waals surface area contributed by atoms with Gasteiger partial charge in [-0.1, -0.05) is 64.7 Å². The molecule has 0 saturated carbocycles. The lowest BCUT2D eigenvalue weighted by Crippen LogP contribution is -2.30. The molecule has 0 aromatic rings. The lowest BCUT2D eigenvalue weighted by atomic mass is 10.1. The SMILES string of the molecule is CCCCCCCCCCCCOC(=O)C(C)OC(=O)C(C)O. The Morgan fingerprint density at radius 2 is 1.30 bits per heavy atom. The Morgan fingerprint density at radius 3 is 1.78 bits per heavy atom. The number of rotatable bonds is 14. The summed E-state index contributed by atoms with van der Waals surface area (Å²) in [6, 6.07) is 0. The number of aliphatic hydroxyl groups is 1. The Kier molecular flexibility index (Phi) is 13.8. The van der Waals surface area contributed by atoms with E-state index in [2.05, 4.69) is 6.92 Å². The summed E-state index contributed by atoms with van der Waals surface area (Å²) in [7, 11) is 0. The molecule has 0 heterocycles. The van der Waals surface area contributed by atoms with Crippen LogP contribution in [-0.4, -0.2) is 35.9 Å². The van der Waals surface area contributed by atoms with Crippen LogP contribution in [0.15, 0.2) is 0 Å². The monoisotopic (exact) mass is 330 g/mol. The van der Waals surface area contributed by atoms with Crippen LogP contribution in [0, 0.1) is 0 Å². The first kappa shape index (κ1) is 21.9. The van der Waals surface area contributed by atoms with Crippen molar-refractivity contribution in [2.75, 3.05) is 6.61 Å². The second-order valence-corrected chi connectivity index (χ2v) is 6.10. The fourth-order valence-electron chi connectivity index (χ4n) is 2.20. The first-order valence-corrected chi connectivity index (χ1v) is 9.04. The van der Waals surface area contributed by atoms with Crippen molar-refractivity contribution in [1.82, 2.24) is 0 Å². The fraction of sp³-hybridized carbons (Fsp3) is 0.889.